The third kappa shape index (κ3) is 3.18. The molecule has 1 aliphatic heterocycles. The predicted octanol–water partition coefficient (Wildman–Crippen LogP) is 5.07. The van der Waals surface area contributed by atoms with E-state index in [4.69, 9.17) is 4.42 Å². The van der Waals surface area contributed by atoms with Crippen LogP contribution >= 0.6 is 0 Å². The van der Waals surface area contributed by atoms with Crippen LogP contribution in [0.4, 0.5) is 10.1 Å². The van der Waals surface area contributed by atoms with Crippen molar-refractivity contribution >= 4 is 22.6 Å². The van der Waals surface area contributed by atoms with Gasteiger partial charge in [0.1, 0.15) is 11.4 Å². The average molecular weight is 386 g/mol. The van der Waals surface area contributed by atoms with E-state index in [0.29, 0.717) is 12.1 Å². The van der Waals surface area contributed by atoms with Crippen molar-refractivity contribution in [2.24, 2.45) is 0 Å². The van der Waals surface area contributed by atoms with E-state index < -0.39 is 0 Å². The molecule has 0 fully saturated rings. The highest BCUT2D eigenvalue weighted by Crippen LogP contribution is 2.36. The highest BCUT2D eigenvalue weighted by molar-refractivity contribution is 5.98. The molecule has 2 aromatic carbocycles. The van der Waals surface area contributed by atoms with E-state index >= 15 is 0 Å². The highest BCUT2D eigenvalue weighted by Gasteiger charge is 2.25. The summed E-state index contributed by atoms with van der Waals surface area (Å²) < 4.78 is 19.3. The number of amides is 1. The lowest BCUT2D eigenvalue weighted by atomic mass is 10.0. The number of anilines is 1. The molecule has 0 radical (unpaired) electrons. The molecule has 0 saturated heterocycles. The molecule has 29 heavy (non-hydrogen) atoms. The number of fused-ring (bicyclic) bond motifs is 2. The van der Waals surface area contributed by atoms with Gasteiger partial charge in [-0.25, -0.2) is 4.39 Å². The molecule has 3 heterocycles. The zero-order valence-electron chi connectivity index (χ0n) is 16.0. The quantitative estimate of drug-likeness (QED) is 0.494. The summed E-state index contributed by atoms with van der Waals surface area (Å²) in [6, 6.07) is 12.7. The highest BCUT2D eigenvalue weighted by atomic mass is 19.1. The molecule has 0 spiro atoms. The van der Waals surface area contributed by atoms with Gasteiger partial charge in [-0.2, -0.15) is 0 Å². The fourth-order valence-corrected chi connectivity index (χ4v) is 4.11. The fourth-order valence-electron chi connectivity index (χ4n) is 4.11. The SMILES string of the molecule is Cc1cc(F)cc(CC(=O)N2CCc3cc(-c4coc5ccncc45)ccc32)c1. The largest absolute Gasteiger partial charge is 0.464 e. The molecule has 5 heteroatoms. The third-order valence-electron chi connectivity index (χ3n) is 5.42. The van der Waals surface area contributed by atoms with Crippen LogP contribution in [0.15, 0.2) is 65.5 Å². The van der Waals surface area contributed by atoms with Crippen molar-refractivity contribution in [2.45, 2.75) is 19.8 Å². The van der Waals surface area contributed by atoms with Crippen LogP contribution in [0, 0.1) is 12.7 Å². The van der Waals surface area contributed by atoms with Crippen molar-refractivity contribution < 1.29 is 13.6 Å². The van der Waals surface area contributed by atoms with E-state index in [1.54, 1.807) is 23.6 Å². The average Bonchev–Trinajstić information content (AvgIpc) is 3.31. The molecule has 4 nitrogen and oxygen atoms in total. The number of aryl methyl sites for hydroxylation is 1. The molecule has 0 bridgehead atoms. The summed E-state index contributed by atoms with van der Waals surface area (Å²) in [5.41, 5.74) is 6.43. The minimum absolute atomic E-state index is 0.0144. The zero-order chi connectivity index (χ0) is 20.0. The van der Waals surface area contributed by atoms with Crippen LogP contribution in [0.5, 0.6) is 0 Å². The van der Waals surface area contributed by atoms with Crippen LogP contribution < -0.4 is 4.90 Å². The summed E-state index contributed by atoms with van der Waals surface area (Å²) >= 11 is 0. The molecule has 2 aromatic heterocycles. The van der Waals surface area contributed by atoms with E-state index in [9.17, 15) is 9.18 Å². The Morgan fingerprint density at radius 3 is 2.97 bits per heavy atom. The zero-order valence-corrected chi connectivity index (χ0v) is 16.0. The number of carbonyl (C=O) groups excluding carboxylic acids is 1. The molecular formula is C24H19FN2O2. The van der Waals surface area contributed by atoms with Crippen molar-refractivity contribution in [1.29, 1.82) is 0 Å². The van der Waals surface area contributed by atoms with E-state index in [2.05, 4.69) is 11.1 Å². The molecule has 144 valence electrons. The van der Waals surface area contributed by atoms with E-state index in [1.807, 2.05) is 31.2 Å². The second kappa shape index (κ2) is 6.85. The normalized spacial score (nSPS) is 13.1. The predicted molar refractivity (Wildman–Crippen MR) is 110 cm³/mol. The van der Waals surface area contributed by atoms with Crippen LogP contribution in [0.25, 0.3) is 22.1 Å². The molecule has 1 aliphatic rings. The Morgan fingerprint density at radius 1 is 1.21 bits per heavy atom. The fraction of sp³-hybridized carbons (Fsp3) is 0.167. The smallest absolute Gasteiger partial charge is 0.231 e. The number of hydrogen-bond acceptors (Lipinski definition) is 3. The van der Waals surface area contributed by atoms with Crippen LogP contribution in [0.1, 0.15) is 16.7 Å². The first-order valence-electron chi connectivity index (χ1n) is 9.59. The Kier molecular flexibility index (Phi) is 4.16. The van der Waals surface area contributed by atoms with Gasteiger partial charge in [-0.3, -0.25) is 9.78 Å². The number of aromatic nitrogens is 1. The van der Waals surface area contributed by atoms with E-state index in [-0.39, 0.29) is 18.1 Å². The number of nitrogens with zero attached hydrogens (tertiary/aromatic N) is 2. The molecule has 0 atom stereocenters. The first kappa shape index (κ1) is 17.6. The lowest BCUT2D eigenvalue weighted by Gasteiger charge is -2.18. The second-order valence-electron chi connectivity index (χ2n) is 7.47. The van der Waals surface area contributed by atoms with Gasteiger partial charge in [-0.15, -0.1) is 0 Å². The van der Waals surface area contributed by atoms with Crippen LogP contribution in [-0.2, 0) is 17.6 Å². The maximum Gasteiger partial charge on any atom is 0.231 e. The van der Waals surface area contributed by atoms with Crippen molar-refractivity contribution in [2.75, 3.05) is 11.4 Å². The molecular weight excluding hydrogens is 367 g/mol. The van der Waals surface area contributed by atoms with Gasteiger partial charge in [0, 0.05) is 35.6 Å². The van der Waals surface area contributed by atoms with Crippen LogP contribution in [-0.4, -0.2) is 17.4 Å². The minimum Gasteiger partial charge on any atom is -0.464 e. The summed E-state index contributed by atoms with van der Waals surface area (Å²) in [5.74, 6) is -0.319. The number of halogens is 1. The number of rotatable bonds is 3. The topological polar surface area (TPSA) is 46.3 Å². The molecule has 0 N–H and O–H groups in total. The maximum absolute atomic E-state index is 13.6. The number of carbonyl (C=O) groups is 1. The minimum atomic E-state index is -0.305. The lowest BCUT2D eigenvalue weighted by molar-refractivity contribution is -0.117. The van der Waals surface area contributed by atoms with Gasteiger partial charge < -0.3 is 9.32 Å². The molecule has 0 aliphatic carbocycles. The number of hydrogen-bond donors (Lipinski definition) is 0. The van der Waals surface area contributed by atoms with Crippen molar-refractivity contribution in [3.63, 3.8) is 0 Å². The van der Waals surface area contributed by atoms with Gasteiger partial charge in [0.25, 0.3) is 0 Å². The second-order valence-corrected chi connectivity index (χ2v) is 7.47. The number of pyridine rings is 1. The van der Waals surface area contributed by atoms with Crippen molar-refractivity contribution in [1.82, 2.24) is 4.98 Å². The Balaban J connectivity index is 1.42. The van der Waals surface area contributed by atoms with Gasteiger partial charge >= 0.3 is 0 Å². The van der Waals surface area contributed by atoms with Gasteiger partial charge in [0.05, 0.1) is 12.7 Å². The third-order valence-corrected chi connectivity index (χ3v) is 5.42. The Bertz CT molecular complexity index is 1220. The summed E-state index contributed by atoms with van der Waals surface area (Å²) in [4.78, 5) is 18.9. The van der Waals surface area contributed by atoms with Crippen LogP contribution in [0.3, 0.4) is 0 Å². The van der Waals surface area contributed by atoms with Gasteiger partial charge in [-0.05, 0) is 65.9 Å². The Morgan fingerprint density at radius 2 is 2.10 bits per heavy atom. The number of benzene rings is 2. The molecule has 1 amide bonds. The molecule has 4 aromatic rings. The van der Waals surface area contributed by atoms with E-state index in [0.717, 1.165) is 45.3 Å². The van der Waals surface area contributed by atoms with Gasteiger partial charge in [-0.1, -0.05) is 12.1 Å². The monoisotopic (exact) mass is 386 g/mol. The molecule has 5 rings (SSSR count). The molecule has 0 unspecified atom stereocenters. The Hall–Kier alpha value is -3.47. The van der Waals surface area contributed by atoms with Crippen molar-refractivity contribution in [3.05, 3.63) is 83.6 Å². The summed E-state index contributed by atoms with van der Waals surface area (Å²) in [5, 5.41) is 0.972. The Labute approximate surface area is 167 Å². The summed E-state index contributed by atoms with van der Waals surface area (Å²) in [7, 11) is 0. The number of furan rings is 1. The van der Waals surface area contributed by atoms with Crippen LogP contribution in [0.2, 0.25) is 0 Å². The first-order chi connectivity index (χ1) is 14.1. The summed E-state index contributed by atoms with van der Waals surface area (Å²) in [6.07, 6.45) is 6.25. The standard InChI is InChI=1S/C24H19FN2O2/c1-15-8-16(10-19(25)9-15)11-24(28)27-7-5-18-12-17(2-3-22(18)27)21-14-29-23-4-6-26-13-20(21)23/h2-4,6,8-10,12-14H,5,7,11H2,1H3. The summed E-state index contributed by atoms with van der Waals surface area (Å²) in [6.45, 7) is 2.47. The lowest BCUT2D eigenvalue weighted by Crippen LogP contribution is -2.30. The van der Waals surface area contributed by atoms with E-state index in [1.165, 1.54) is 12.1 Å². The van der Waals surface area contributed by atoms with Crippen molar-refractivity contribution in [3.8, 4) is 11.1 Å². The van der Waals surface area contributed by atoms with Gasteiger partial charge in [0.15, 0.2) is 0 Å². The molecule has 0 saturated carbocycles. The maximum atomic E-state index is 13.6. The first-order valence-corrected chi connectivity index (χ1v) is 9.59. The van der Waals surface area contributed by atoms with Gasteiger partial charge in [0.2, 0.25) is 5.91 Å².